The second-order valence-corrected chi connectivity index (χ2v) is 15.4. The normalized spacial score (nSPS) is 10.4. The Morgan fingerprint density at radius 2 is 1.16 bits per heavy atom. The molecule has 0 aliphatic rings. The third kappa shape index (κ3) is 13.1. The SMILES string of the molecule is Clc1ccc(-c2nc(Cl)c3ccccc3n2)c(Cl)c1.N#Cc1ccc(NCCCNc2nc(-c3ccc(Cl)cc3Cl)nc3ccccc23)nc1.[C-]#[N+]c1ccc(NCCCN)nc1. The van der Waals surface area contributed by atoms with Crippen molar-refractivity contribution in [3.05, 3.63) is 164 Å². The monoisotopic (exact) mass is 932 g/mol. The summed E-state index contributed by atoms with van der Waals surface area (Å²) in [6, 6.07) is 35.0. The average Bonchev–Trinajstić information content (AvgIpc) is 3.30. The number of para-hydroxylation sites is 2. The predicted molar refractivity (Wildman–Crippen MR) is 258 cm³/mol. The first kappa shape index (κ1) is 46.2. The van der Waals surface area contributed by atoms with Gasteiger partial charge < -0.3 is 21.7 Å². The molecular weight excluding hydrogens is 898 g/mol. The van der Waals surface area contributed by atoms with E-state index < -0.39 is 0 Å². The van der Waals surface area contributed by atoms with Crippen molar-refractivity contribution in [2.24, 2.45) is 5.73 Å². The van der Waals surface area contributed by atoms with E-state index in [1.807, 2.05) is 54.6 Å². The molecule has 0 saturated carbocycles. The first-order chi connectivity index (χ1) is 30.6. The van der Waals surface area contributed by atoms with Crippen LogP contribution in [0.1, 0.15) is 18.4 Å². The average molecular weight is 935 g/mol. The molecule has 63 heavy (non-hydrogen) atoms. The zero-order valence-corrected chi connectivity index (χ0v) is 37.1. The van der Waals surface area contributed by atoms with Crippen LogP contribution in [0.4, 0.5) is 23.1 Å². The summed E-state index contributed by atoms with van der Waals surface area (Å²) >= 11 is 30.6. The summed E-state index contributed by atoms with van der Waals surface area (Å²) in [4.78, 5) is 29.7. The summed E-state index contributed by atoms with van der Waals surface area (Å²) in [5.41, 5.74) is 9.49. The van der Waals surface area contributed by atoms with Crippen molar-refractivity contribution in [1.29, 1.82) is 5.26 Å². The Balaban J connectivity index is 0.000000175. The van der Waals surface area contributed by atoms with E-state index >= 15 is 0 Å². The lowest BCUT2D eigenvalue weighted by molar-refractivity contribution is 0.870. The molecular formula is C46H37Cl5N12. The van der Waals surface area contributed by atoms with Crippen molar-refractivity contribution in [2.45, 2.75) is 12.8 Å². The molecule has 8 aromatic rings. The number of nitrogens with two attached hydrogens (primary N) is 1. The van der Waals surface area contributed by atoms with E-state index in [1.165, 1.54) is 0 Å². The molecule has 4 aromatic heterocycles. The van der Waals surface area contributed by atoms with E-state index in [2.05, 4.69) is 51.8 Å². The van der Waals surface area contributed by atoms with Gasteiger partial charge in [0.05, 0.1) is 33.2 Å². The predicted octanol–water partition coefficient (Wildman–Crippen LogP) is 12.4. The molecule has 0 aliphatic carbocycles. The highest BCUT2D eigenvalue weighted by molar-refractivity contribution is 6.37. The van der Waals surface area contributed by atoms with Crippen LogP contribution >= 0.6 is 58.0 Å². The van der Waals surface area contributed by atoms with Crippen molar-refractivity contribution in [1.82, 2.24) is 29.9 Å². The van der Waals surface area contributed by atoms with Crippen LogP contribution in [0, 0.1) is 17.9 Å². The lowest BCUT2D eigenvalue weighted by atomic mass is 10.1. The number of nitriles is 1. The molecule has 0 radical (unpaired) electrons. The highest BCUT2D eigenvalue weighted by Crippen LogP contribution is 2.32. The van der Waals surface area contributed by atoms with Gasteiger partial charge in [-0.1, -0.05) is 88.3 Å². The molecule has 0 atom stereocenters. The van der Waals surface area contributed by atoms with E-state index in [4.69, 9.17) is 80.6 Å². The third-order valence-corrected chi connectivity index (χ3v) is 10.3. The molecule has 0 spiro atoms. The van der Waals surface area contributed by atoms with Crippen LogP contribution in [0.2, 0.25) is 25.2 Å². The minimum Gasteiger partial charge on any atom is -0.370 e. The van der Waals surface area contributed by atoms with E-state index in [-0.39, 0.29) is 0 Å². The molecule has 5 N–H and O–H groups in total. The number of nitrogens with zero attached hydrogens (tertiary/aromatic N) is 8. The third-order valence-electron chi connectivity index (χ3n) is 8.91. The molecule has 0 aliphatic heterocycles. The van der Waals surface area contributed by atoms with Gasteiger partial charge in [-0.15, -0.1) is 0 Å². The number of hydrogen-bond donors (Lipinski definition) is 4. The van der Waals surface area contributed by atoms with E-state index in [9.17, 15) is 0 Å². The quantitative estimate of drug-likeness (QED) is 0.0523. The lowest BCUT2D eigenvalue weighted by Crippen LogP contribution is -2.11. The van der Waals surface area contributed by atoms with Gasteiger partial charge >= 0.3 is 0 Å². The maximum Gasteiger partial charge on any atom is 0.205 e. The number of halogens is 5. The highest BCUT2D eigenvalue weighted by Gasteiger charge is 2.13. The number of benzene rings is 4. The summed E-state index contributed by atoms with van der Waals surface area (Å²) < 4.78 is 0. The standard InChI is InChI=1S/C23H18Cl2N6.C14H7Cl3N2.C9H12N4/c24-16-7-8-17(19(25)12-16)23-30-20-5-2-1-4-18(20)22(31-23)28-11-3-10-27-21-9-6-15(13-26)14-29-21;15-8-5-6-9(11(16)7-8)14-18-12-4-2-1-3-10(12)13(17)19-14;1-11-8-3-4-9(13-7-8)12-6-2-5-10/h1-2,4-9,12,14H,3,10-11H2,(H,27,29)(H,28,30,31);1-7H;3-4,7H,2,5-6,10H2,(H,12,13). The number of fused-ring (bicyclic) bond motifs is 2. The summed E-state index contributed by atoms with van der Waals surface area (Å²) in [7, 11) is 0. The molecule has 316 valence electrons. The van der Waals surface area contributed by atoms with Gasteiger partial charge in [-0.2, -0.15) is 5.26 Å². The maximum atomic E-state index is 8.84. The Hall–Kier alpha value is -6.35. The van der Waals surface area contributed by atoms with Gasteiger partial charge in [0.2, 0.25) is 5.69 Å². The molecule has 12 nitrogen and oxygen atoms in total. The fourth-order valence-electron chi connectivity index (χ4n) is 5.78. The first-order valence-corrected chi connectivity index (χ1v) is 21.3. The van der Waals surface area contributed by atoms with Crippen LogP contribution in [-0.4, -0.2) is 56.1 Å². The highest BCUT2D eigenvalue weighted by atomic mass is 35.5. The number of nitrogens with one attached hydrogen (secondary N) is 3. The van der Waals surface area contributed by atoms with Gasteiger partial charge in [0, 0.05) is 64.0 Å². The van der Waals surface area contributed by atoms with Crippen molar-refractivity contribution < 1.29 is 0 Å². The smallest absolute Gasteiger partial charge is 0.205 e. The van der Waals surface area contributed by atoms with Crippen LogP contribution in [0.25, 0.3) is 49.4 Å². The second-order valence-electron chi connectivity index (χ2n) is 13.3. The lowest BCUT2D eigenvalue weighted by Gasteiger charge is -2.12. The molecule has 4 aromatic carbocycles. The van der Waals surface area contributed by atoms with Crippen LogP contribution in [0.5, 0.6) is 0 Å². The topological polar surface area (TPSA) is 168 Å². The van der Waals surface area contributed by atoms with Crippen molar-refractivity contribution in [3.8, 4) is 28.8 Å². The van der Waals surface area contributed by atoms with E-state index in [0.29, 0.717) is 66.8 Å². The van der Waals surface area contributed by atoms with Gasteiger partial charge in [-0.3, -0.25) is 4.98 Å². The number of rotatable bonds is 12. The second kappa shape index (κ2) is 23.2. The molecule has 0 bridgehead atoms. The van der Waals surface area contributed by atoms with Gasteiger partial charge in [0.25, 0.3) is 0 Å². The summed E-state index contributed by atoms with van der Waals surface area (Å²) in [6.07, 6.45) is 4.87. The van der Waals surface area contributed by atoms with Crippen molar-refractivity contribution >= 4 is 103 Å². The molecule has 0 amide bonds. The van der Waals surface area contributed by atoms with Gasteiger partial charge in [0.15, 0.2) is 11.6 Å². The molecule has 0 saturated heterocycles. The van der Waals surface area contributed by atoms with Crippen LogP contribution < -0.4 is 21.7 Å². The van der Waals surface area contributed by atoms with Crippen LogP contribution in [-0.2, 0) is 0 Å². The first-order valence-electron chi connectivity index (χ1n) is 19.4. The fraction of sp³-hybridized carbons (Fsp3) is 0.130. The zero-order valence-electron chi connectivity index (χ0n) is 33.3. The maximum absolute atomic E-state index is 8.84. The zero-order chi connectivity index (χ0) is 44.6. The number of aromatic nitrogens is 6. The molecule has 0 fully saturated rings. The van der Waals surface area contributed by atoms with Crippen molar-refractivity contribution in [2.75, 3.05) is 42.1 Å². The fourth-order valence-corrected chi connectivity index (χ4v) is 7.01. The minimum absolute atomic E-state index is 0.409. The summed E-state index contributed by atoms with van der Waals surface area (Å²) in [5, 5.41) is 22.9. The molecule has 4 heterocycles. The van der Waals surface area contributed by atoms with Gasteiger partial charge in [-0.05, 0) is 98.2 Å². The molecule has 17 heteroatoms. The van der Waals surface area contributed by atoms with Gasteiger partial charge in [0.1, 0.15) is 28.7 Å². The van der Waals surface area contributed by atoms with Crippen LogP contribution in [0.15, 0.2) is 122 Å². The summed E-state index contributed by atoms with van der Waals surface area (Å²) in [5.74, 6) is 3.32. The molecule has 8 rings (SSSR count). The van der Waals surface area contributed by atoms with Gasteiger partial charge in [-0.25, -0.2) is 29.8 Å². The van der Waals surface area contributed by atoms with E-state index in [0.717, 1.165) is 70.8 Å². The Bertz CT molecular complexity index is 2880. The Kier molecular flexibility index (Phi) is 17.0. The van der Waals surface area contributed by atoms with E-state index in [1.54, 1.807) is 67.0 Å². The largest absolute Gasteiger partial charge is 0.370 e. The number of pyridine rings is 2. The summed E-state index contributed by atoms with van der Waals surface area (Å²) in [6.45, 7) is 9.66. The Morgan fingerprint density at radius 1 is 0.603 bits per heavy atom. The number of hydrogen-bond acceptors (Lipinski definition) is 11. The Labute approximate surface area is 389 Å². The Morgan fingerprint density at radius 3 is 1.71 bits per heavy atom. The van der Waals surface area contributed by atoms with Crippen LogP contribution in [0.3, 0.4) is 0 Å². The number of anilines is 3. The van der Waals surface area contributed by atoms with Crippen molar-refractivity contribution in [3.63, 3.8) is 0 Å². The molecule has 0 unspecified atom stereocenters. The minimum atomic E-state index is 0.409.